The molecule has 1 aromatic carbocycles. The van der Waals surface area contributed by atoms with Crippen LogP contribution in [-0.2, 0) is 0 Å². The third-order valence-corrected chi connectivity index (χ3v) is 2.39. The largest absolute Gasteiger partial charge is 0.342 e. The molecule has 0 aliphatic rings. The maximum Gasteiger partial charge on any atom is 0.214 e. The van der Waals surface area contributed by atoms with Crippen LogP contribution in [0.15, 0.2) is 29.1 Å². The van der Waals surface area contributed by atoms with Crippen molar-refractivity contribution in [2.45, 2.75) is 0 Å². The minimum absolute atomic E-state index is 0.274. The topological polar surface area (TPSA) is 38.9 Å². The van der Waals surface area contributed by atoms with Gasteiger partial charge in [-0.05, 0) is 34.7 Å². The van der Waals surface area contributed by atoms with E-state index in [9.17, 15) is 4.39 Å². The van der Waals surface area contributed by atoms with Gasteiger partial charge in [-0.2, -0.15) is 4.98 Å². The van der Waals surface area contributed by atoms with E-state index < -0.39 is 0 Å². The lowest BCUT2D eigenvalue weighted by Crippen LogP contribution is -1.89. The number of nitrogens with zero attached hydrogens (tertiary/aromatic N) is 2. The van der Waals surface area contributed by atoms with Crippen molar-refractivity contribution in [1.82, 2.24) is 10.1 Å². The van der Waals surface area contributed by atoms with Crippen LogP contribution in [0.3, 0.4) is 0 Å². The van der Waals surface area contributed by atoms with Gasteiger partial charge in [-0.1, -0.05) is 11.2 Å². The monoisotopic (exact) mass is 290 g/mol. The summed E-state index contributed by atoms with van der Waals surface area (Å²) in [7, 11) is 0. The molecule has 2 rings (SSSR count). The second-order valence-corrected chi connectivity index (χ2v) is 3.52. The molecule has 0 aliphatic carbocycles. The summed E-state index contributed by atoms with van der Waals surface area (Å²) in [5.41, 5.74) is 0.362. The fraction of sp³-hybridized carbons (Fsp3) is 0. The van der Waals surface area contributed by atoms with Gasteiger partial charge in [0.15, 0.2) is 0 Å². The van der Waals surface area contributed by atoms with Crippen molar-refractivity contribution in [1.29, 1.82) is 0 Å². The van der Waals surface area contributed by atoms with Crippen LogP contribution >= 0.6 is 22.6 Å². The van der Waals surface area contributed by atoms with Gasteiger partial charge in [0.25, 0.3) is 0 Å². The maximum atomic E-state index is 13.4. The Morgan fingerprint density at radius 2 is 2.23 bits per heavy atom. The van der Waals surface area contributed by atoms with Crippen LogP contribution in [0.4, 0.5) is 4.39 Å². The molecule has 0 spiro atoms. The molecule has 0 radical (unpaired) electrons. The van der Waals surface area contributed by atoms with Crippen molar-refractivity contribution >= 4 is 22.6 Å². The number of hydrogen-bond acceptors (Lipinski definition) is 3. The molecule has 0 aliphatic heterocycles. The van der Waals surface area contributed by atoms with Crippen molar-refractivity contribution in [2.75, 3.05) is 0 Å². The van der Waals surface area contributed by atoms with Gasteiger partial charge in [-0.15, -0.1) is 0 Å². The lowest BCUT2D eigenvalue weighted by molar-refractivity contribution is 0.418. The molecule has 13 heavy (non-hydrogen) atoms. The number of rotatable bonds is 1. The molecule has 0 amide bonds. The number of halogens is 2. The van der Waals surface area contributed by atoms with Gasteiger partial charge in [0.2, 0.25) is 12.2 Å². The van der Waals surface area contributed by atoms with Crippen molar-refractivity contribution in [3.05, 3.63) is 34.0 Å². The molecule has 0 unspecified atom stereocenters. The quantitative estimate of drug-likeness (QED) is 0.757. The van der Waals surface area contributed by atoms with Gasteiger partial charge in [0.05, 0.1) is 5.56 Å². The van der Waals surface area contributed by atoms with E-state index in [-0.39, 0.29) is 11.6 Å². The van der Waals surface area contributed by atoms with E-state index in [0.717, 1.165) is 0 Å². The van der Waals surface area contributed by atoms with Crippen LogP contribution in [0, 0.1) is 9.39 Å². The Labute approximate surface area is 87.1 Å². The minimum Gasteiger partial charge on any atom is -0.342 e. The highest BCUT2D eigenvalue weighted by Gasteiger charge is 2.10. The minimum atomic E-state index is -0.315. The molecular weight excluding hydrogens is 286 g/mol. The summed E-state index contributed by atoms with van der Waals surface area (Å²) in [5, 5.41) is 3.56. The van der Waals surface area contributed by atoms with E-state index in [0.29, 0.717) is 9.13 Å². The van der Waals surface area contributed by atoms with E-state index in [1.807, 2.05) is 22.6 Å². The molecule has 3 nitrogen and oxygen atoms in total. The van der Waals surface area contributed by atoms with Crippen LogP contribution in [0.5, 0.6) is 0 Å². The zero-order valence-electron chi connectivity index (χ0n) is 6.37. The van der Waals surface area contributed by atoms with Crippen LogP contribution in [-0.4, -0.2) is 10.1 Å². The number of hydrogen-bond donors (Lipinski definition) is 0. The SMILES string of the molecule is Fc1c(I)cccc1-c1ncon1. The Bertz CT molecular complexity index is 416. The van der Waals surface area contributed by atoms with Gasteiger partial charge in [0.1, 0.15) is 5.82 Å². The van der Waals surface area contributed by atoms with Gasteiger partial charge < -0.3 is 4.52 Å². The highest BCUT2D eigenvalue weighted by atomic mass is 127. The average Bonchev–Trinajstić information content (AvgIpc) is 2.62. The van der Waals surface area contributed by atoms with E-state index in [4.69, 9.17) is 0 Å². The first-order valence-corrected chi connectivity index (χ1v) is 4.57. The molecule has 2 aromatic rings. The summed E-state index contributed by atoms with van der Waals surface area (Å²) in [6.45, 7) is 0. The lowest BCUT2D eigenvalue weighted by Gasteiger charge is -1.98. The Morgan fingerprint density at radius 3 is 2.92 bits per heavy atom. The Hall–Kier alpha value is -0.980. The molecular formula is C8H4FIN2O. The summed E-state index contributed by atoms with van der Waals surface area (Å²) in [4.78, 5) is 3.77. The maximum absolute atomic E-state index is 13.4. The van der Waals surface area contributed by atoms with Gasteiger partial charge in [-0.3, -0.25) is 0 Å². The summed E-state index contributed by atoms with van der Waals surface area (Å²) in [6.07, 6.45) is 1.18. The summed E-state index contributed by atoms with van der Waals surface area (Å²) in [6, 6.07) is 5.04. The molecule has 0 bridgehead atoms. The molecule has 0 fully saturated rings. The summed E-state index contributed by atoms with van der Waals surface area (Å²) in [5.74, 6) is -0.0412. The Balaban J connectivity index is 2.59. The first-order valence-electron chi connectivity index (χ1n) is 3.50. The first kappa shape index (κ1) is 8.61. The Morgan fingerprint density at radius 1 is 1.38 bits per heavy atom. The second-order valence-electron chi connectivity index (χ2n) is 2.36. The van der Waals surface area contributed by atoms with Crippen LogP contribution < -0.4 is 0 Å². The predicted octanol–water partition coefficient (Wildman–Crippen LogP) is 2.48. The van der Waals surface area contributed by atoms with Crippen LogP contribution in [0.25, 0.3) is 11.4 Å². The third kappa shape index (κ3) is 1.55. The zero-order valence-corrected chi connectivity index (χ0v) is 8.53. The van der Waals surface area contributed by atoms with Crippen molar-refractivity contribution in [3.63, 3.8) is 0 Å². The smallest absolute Gasteiger partial charge is 0.214 e. The normalized spacial score (nSPS) is 10.3. The van der Waals surface area contributed by atoms with Crippen LogP contribution in [0.2, 0.25) is 0 Å². The highest BCUT2D eigenvalue weighted by molar-refractivity contribution is 14.1. The predicted molar refractivity (Wildman–Crippen MR) is 52.4 cm³/mol. The van der Waals surface area contributed by atoms with Crippen molar-refractivity contribution < 1.29 is 8.91 Å². The van der Waals surface area contributed by atoms with E-state index in [1.165, 1.54) is 6.39 Å². The summed E-state index contributed by atoms with van der Waals surface area (Å²) < 4.78 is 18.5. The molecule has 66 valence electrons. The van der Waals surface area contributed by atoms with E-state index in [2.05, 4.69) is 14.7 Å². The van der Waals surface area contributed by atoms with E-state index in [1.54, 1.807) is 18.2 Å². The van der Waals surface area contributed by atoms with Gasteiger partial charge >= 0.3 is 0 Å². The van der Waals surface area contributed by atoms with Crippen molar-refractivity contribution in [3.8, 4) is 11.4 Å². The fourth-order valence-corrected chi connectivity index (χ4v) is 1.46. The number of benzene rings is 1. The average molecular weight is 290 g/mol. The molecule has 5 heteroatoms. The van der Waals surface area contributed by atoms with Gasteiger partial charge in [0, 0.05) is 3.57 Å². The molecule has 0 atom stereocenters. The van der Waals surface area contributed by atoms with Gasteiger partial charge in [-0.25, -0.2) is 4.39 Å². The standard InChI is InChI=1S/C8H4FIN2O/c9-7-5(2-1-3-6(7)10)8-11-4-13-12-8/h1-4H. The van der Waals surface area contributed by atoms with E-state index >= 15 is 0 Å². The van der Waals surface area contributed by atoms with Crippen molar-refractivity contribution in [2.24, 2.45) is 0 Å². The van der Waals surface area contributed by atoms with Crippen LogP contribution in [0.1, 0.15) is 0 Å². The zero-order chi connectivity index (χ0) is 9.26. The molecule has 0 saturated carbocycles. The molecule has 0 N–H and O–H groups in total. The highest BCUT2D eigenvalue weighted by Crippen LogP contribution is 2.22. The molecule has 1 heterocycles. The summed E-state index contributed by atoms with van der Waals surface area (Å²) >= 11 is 1.91. The second kappa shape index (κ2) is 3.41. The fourth-order valence-electron chi connectivity index (χ4n) is 0.966. The third-order valence-electron chi connectivity index (χ3n) is 1.55. The lowest BCUT2D eigenvalue weighted by atomic mass is 10.2. The Kier molecular flexibility index (Phi) is 2.26. The number of aromatic nitrogens is 2. The first-order chi connectivity index (χ1) is 6.29. The molecule has 0 saturated heterocycles. The molecule has 1 aromatic heterocycles.